The molecule has 1 saturated heterocycles. The van der Waals surface area contributed by atoms with E-state index in [9.17, 15) is 4.79 Å². The fraction of sp³-hybridized carbons (Fsp3) is 0.571. The van der Waals surface area contributed by atoms with Gasteiger partial charge in [-0.15, -0.1) is 15.3 Å². The molecule has 1 aliphatic heterocycles. The summed E-state index contributed by atoms with van der Waals surface area (Å²) in [4.78, 5) is 14.3. The molecular formula is C14H20N6O. The van der Waals surface area contributed by atoms with Crippen molar-refractivity contribution in [1.82, 2.24) is 25.1 Å². The number of carbonyl (C=O) groups excluding carboxylic acids is 1. The standard InChI is InChI=1S/C14H20N6O/c1-10(2)16-14(21)11-4-3-7-19(8-11)13-6-5-12-17-15-9-20(12)18-13/h5-6,9-11H,3-4,7-8H2,1-2H3,(H,16,21)/t11-/m0/s1. The van der Waals surface area contributed by atoms with Crippen LogP contribution in [0.15, 0.2) is 18.5 Å². The van der Waals surface area contributed by atoms with Crippen LogP contribution in [0.4, 0.5) is 5.82 Å². The lowest BCUT2D eigenvalue weighted by molar-refractivity contribution is -0.125. The number of carbonyl (C=O) groups is 1. The van der Waals surface area contributed by atoms with Gasteiger partial charge in [-0.2, -0.15) is 4.52 Å². The van der Waals surface area contributed by atoms with E-state index in [4.69, 9.17) is 0 Å². The van der Waals surface area contributed by atoms with E-state index in [1.807, 2.05) is 26.0 Å². The Morgan fingerprint density at radius 3 is 3.10 bits per heavy atom. The molecule has 1 atom stereocenters. The average molecular weight is 288 g/mol. The summed E-state index contributed by atoms with van der Waals surface area (Å²) in [5.41, 5.74) is 0.727. The minimum absolute atomic E-state index is 0.0274. The second kappa shape index (κ2) is 5.67. The van der Waals surface area contributed by atoms with Crippen molar-refractivity contribution in [3.63, 3.8) is 0 Å². The molecule has 0 bridgehead atoms. The molecule has 0 unspecified atom stereocenters. The summed E-state index contributed by atoms with van der Waals surface area (Å²) in [6.07, 6.45) is 3.52. The fourth-order valence-electron chi connectivity index (χ4n) is 2.69. The van der Waals surface area contributed by atoms with Gasteiger partial charge in [-0.3, -0.25) is 4.79 Å². The van der Waals surface area contributed by atoms with Gasteiger partial charge in [-0.25, -0.2) is 0 Å². The molecule has 0 radical (unpaired) electrons. The third-order valence-corrected chi connectivity index (χ3v) is 3.69. The predicted octanol–water partition coefficient (Wildman–Crippen LogP) is 0.865. The zero-order valence-electron chi connectivity index (χ0n) is 12.4. The highest BCUT2D eigenvalue weighted by atomic mass is 16.2. The summed E-state index contributed by atoms with van der Waals surface area (Å²) in [5.74, 6) is 1.03. The highest BCUT2D eigenvalue weighted by molar-refractivity contribution is 5.79. The van der Waals surface area contributed by atoms with E-state index in [1.165, 1.54) is 0 Å². The molecule has 2 aromatic heterocycles. The second-order valence-electron chi connectivity index (χ2n) is 5.77. The minimum Gasteiger partial charge on any atom is -0.354 e. The van der Waals surface area contributed by atoms with Crippen LogP contribution in [-0.4, -0.2) is 44.8 Å². The number of fused-ring (bicyclic) bond motifs is 1. The Morgan fingerprint density at radius 1 is 1.43 bits per heavy atom. The van der Waals surface area contributed by atoms with E-state index in [0.29, 0.717) is 6.54 Å². The molecule has 1 amide bonds. The Balaban J connectivity index is 1.74. The van der Waals surface area contributed by atoms with Crippen LogP contribution in [0.2, 0.25) is 0 Å². The first kappa shape index (κ1) is 13.8. The van der Waals surface area contributed by atoms with Gasteiger partial charge in [-0.05, 0) is 38.8 Å². The van der Waals surface area contributed by atoms with Gasteiger partial charge in [0, 0.05) is 19.1 Å². The van der Waals surface area contributed by atoms with Gasteiger partial charge in [0.2, 0.25) is 5.91 Å². The van der Waals surface area contributed by atoms with Crippen LogP contribution in [0.1, 0.15) is 26.7 Å². The number of piperidine rings is 1. The second-order valence-corrected chi connectivity index (χ2v) is 5.77. The number of nitrogens with zero attached hydrogens (tertiary/aromatic N) is 5. The zero-order valence-corrected chi connectivity index (χ0v) is 12.4. The molecule has 1 fully saturated rings. The van der Waals surface area contributed by atoms with Gasteiger partial charge in [0.15, 0.2) is 5.65 Å². The molecule has 1 N–H and O–H groups in total. The number of nitrogens with one attached hydrogen (secondary N) is 1. The Kier molecular flexibility index (Phi) is 3.72. The molecule has 7 nitrogen and oxygen atoms in total. The summed E-state index contributed by atoms with van der Waals surface area (Å²) < 4.78 is 1.66. The third-order valence-electron chi connectivity index (χ3n) is 3.69. The van der Waals surface area contributed by atoms with Crippen LogP contribution in [-0.2, 0) is 4.79 Å². The van der Waals surface area contributed by atoms with Crippen molar-refractivity contribution in [2.45, 2.75) is 32.7 Å². The maximum absolute atomic E-state index is 12.2. The van der Waals surface area contributed by atoms with Crippen LogP contribution < -0.4 is 10.2 Å². The van der Waals surface area contributed by atoms with Crippen molar-refractivity contribution in [2.24, 2.45) is 5.92 Å². The Morgan fingerprint density at radius 2 is 2.29 bits per heavy atom. The highest BCUT2D eigenvalue weighted by Gasteiger charge is 2.27. The summed E-state index contributed by atoms with van der Waals surface area (Å²) in [7, 11) is 0. The number of amides is 1. The van der Waals surface area contributed by atoms with Crippen molar-refractivity contribution < 1.29 is 4.79 Å². The maximum atomic E-state index is 12.2. The quantitative estimate of drug-likeness (QED) is 0.907. The largest absolute Gasteiger partial charge is 0.354 e. The van der Waals surface area contributed by atoms with E-state index in [-0.39, 0.29) is 17.9 Å². The van der Waals surface area contributed by atoms with Crippen molar-refractivity contribution in [3.8, 4) is 0 Å². The molecule has 7 heteroatoms. The molecule has 0 spiro atoms. The highest BCUT2D eigenvalue weighted by Crippen LogP contribution is 2.22. The van der Waals surface area contributed by atoms with Gasteiger partial charge in [-0.1, -0.05) is 0 Å². The molecular weight excluding hydrogens is 268 g/mol. The zero-order chi connectivity index (χ0) is 14.8. The van der Waals surface area contributed by atoms with E-state index in [0.717, 1.165) is 30.9 Å². The molecule has 112 valence electrons. The fourth-order valence-corrected chi connectivity index (χ4v) is 2.69. The van der Waals surface area contributed by atoms with Crippen molar-refractivity contribution in [3.05, 3.63) is 18.5 Å². The van der Waals surface area contributed by atoms with Crippen LogP contribution in [0.5, 0.6) is 0 Å². The third kappa shape index (κ3) is 2.96. The van der Waals surface area contributed by atoms with Crippen molar-refractivity contribution in [1.29, 1.82) is 0 Å². The van der Waals surface area contributed by atoms with Crippen LogP contribution >= 0.6 is 0 Å². The summed E-state index contributed by atoms with van der Waals surface area (Å²) >= 11 is 0. The van der Waals surface area contributed by atoms with Crippen LogP contribution in [0, 0.1) is 5.92 Å². The van der Waals surface area contributed by atoms with E-state index in [1.54, 1.807) is 10.8 Å². The number of hydrogen-bond donors (Lipinski definition) is 1. The molecule has 3 heterocycles. The van der Waals surface area contributed by atoms with E-state index >= 15 is 0 Å². The van der Waals surface area contributed by atoms with E-state index in [2.05, 4.69) is 25.5 Å². The summed E-state index contributed by atoms with van der Waals surface area (Å²) in [6.45, 7) is 5.60. The van der Waals surface area contributed by atoms with Gasteiger partial charge in [0.25, 0.3) is 0 Å². The normalized spacial score (nSPS) is 19.2. The molecule has 21 heavy (non-hydrogen) atoms. The van der Waals surface area contributed by atoms with Gasteiger partial charge in [0.05, 0.1) is 5.92 Å². The van der Waals surface area contributed by atoms with Crippen molar-refractivity contribution in [2.75, 3.05) is 18.0 Å². The topological polar surface area (TPSA) is 75.4 Å². The first-order valence-corrected chi connectivity index (χ1v) is 7.36. The van der Waals surface area contributed by atoms with Crippen molar-refractivity contribution >= 4 is 17.4 Å². The number of rotatable bonds is 3. The average Bonchev–Trinajstić information content (AvgIpc) is 2.94. The maximum Gasteiger partial charge on any atom is 0.225 e. The molecule has 0 saturated carbocycles. The number of hydrogen-bond acceptors (Lipinski definition) is 5. The Labute approximate surface area is 123 Å². The molecule has 1 aliphatic rings. The van der Waals surface area contributed by atoms with Gasteiger partial charge < -0.3 is 10.2 Å². The molecule has 0 aliphatic carbocycles. The monoisotopic (exact) mass is 288 g/mol. The number of aromatic nitrogens is 4. The molecule has 2 aromatic rings. The summed E-state index contributed by atoms with van der Waals surface area (Å²) in [5, 5.41) is 15.3. The number of anilines is 1. The molecule has 3 rings (SSSR count). The van der Waals surface area contributed by atoms with Gasteiger partial charge >= 0.3 is 0 Å². The smallest absolute Gasteiger partial charge is 0.225 e. The van der Waals surface area contributed by atoms with Gasteiger partial charge in [0.1, 0.15) is 12.1 Å². The lowest BCUT2D eigenvalue weighted by atomic mass is 9.97. The summed E-state index contributed by atoms with van der Waals surface area (Å²) in [6, 6.07) is 4.01. The minimum atomic E-state index is 0.0274. The Bertz CT molecular complexity index is 637. The molecule has 0 aromatic carbocycles. The van der Waals surface area contributed by atoms with Crippen LogP contribution in [0.3, 0.4) is 0 Å². The van der Waals surface area contributed by atoms with E-state index < -0.39 is 0 Å². The first-order valence-electron chi connectivity index (χ1n) is 7.36. The SMILES string of the molecule is CC(C)NC(=O)[C@H]1CCCN(c2ccc3nncn3n2)C1. The predicted molar refractivity (Wildman–Crippen MR) is 79.0 cm³/mol. The lowest BCUT2D eigenvalue weighted by Crippen LogP contribution is -2.45. The lowest BCUT2D eigenvalue weighted by Gasteiger charge is -2.33. The van der Waals surface area contributed by atoms with Crippen LogP contribution in [0.25, 0.3) is 5.65 Å². The first-order chi connectivity index (χ1) is 10.1. The Hall–Kier alpha value is -2.18.